The van der Waals surface area contributed by atoms with Crippen molar-refractivity contribution >= 4 is 33.5 Å². The summed E-state index contributed by atoms with van der Waals surface area (Å²) in [6.45, 7) is 1.51. The van der Waals surface area contributed by atoms with E-state index in [0.29, 0.717) is 12.1 Å². The maximum absolute atomic E-state index is 11.9. The van der Waals surface area contributed by atoms with Crippen molar-refractivity contribution in [3.63, 3.8) is 0 Å². The van der Waals surface area contributed by atoms with Crippen LogP contribution in [0.3, 0.4) is 0 Å². The second-order valence-electron chi connectivity index (χ2n) is 6.09. The molecule has 0 bridgehead atoms. The number of fused-ring (bicyclic) bond motifs is 3. The third kappa shape index (κ3) is 3.66. The second-order valence-corrected chi connectivity index (χ2v) is 7.26. The lowest BCUT2D eigenvalue weighted by Crippen LogP contribution is -2.18. The number of hydrogen-bond donors (Lipinski definition) is 1. The van der Waals surface area contributed by atoms with Gasteiger partial charge in [-0.15, -0.1) is 11.8 Å². The minimum Gasteiger partial charge on any atom is -0.423 e. The van der Waals surface area contributed by atoms with Gasteiger partial charge in [0.2, 0.25) is 0 Å². The van der Waals surface area contributed by atoms with E-state index in [1.54, 1.807) is 6.07 Å². The summed E-state index contributed by atoms with van der Waals surface area (Å²) in [4.78, 5) is 13.2. The lowest BCUT2D eigenvalue weighted by atomic mass is 10.0. The van der Waals surface area contributed by atoms with Crippen molar-refractivity contribution in [2.45, 2.75) is 11.4 Å². The molecule has 130 valence electrons. The molecule has 1 aromatic heterocycles. The number of benzene rings is 3. The molecule has 4 aromatic rings. The third-order valence-corrected chi connectivity index (χ3v) is 5.33. The molecule has 4 rings (SSSR count). The van der Waals surface area contributed by atoms with Crippen LogP contribution in [0, 0.1) is 0 Å². The second kappa shape index (κ2) is 7.77. The Morgan fingerprint density at radius 3 is 2.62 bits per heavy atom. The quantitative estimate of drug-likeness (QED) is 0.231. The largest absolute Gasteiger partial charge is 0.423 e. The van der Waals surface area contributed by atoms with Crippen LogP contribution < -0.4 is 10.9 Å². The molecule has 0 amide bonds. The highest BCUT2D eigenvalue weighted by Crippen LogP contribution is 2.27. The fourth-order valence-electron chi connectivity index (χ4n) is 3.14. The Hall–Kier alpha value is -2.56. The Morgan fingerprint density at radius 1 is 0.923 bits per heavy atom. The van der Waals surface area contributed by atoms with Gasteiger partial charge in [-0.2, -0.15) is 0 Å². The van der Waals surface area contributed by atoms with Crippen LogP contribution >= 0.6 is 11.8 Å². The van der Waals surface area contributed by atoms with Gasteiger partial charge in [-0.05, 0) is 34.5 Å². The summed E-state index contributed by atoms with van der Waals surface area (Å²) in [6, 6.07) is 24.0. The maximum Gasteiger partial charge on any atom is 0.336 e. The molecule has 0 aliphatic rings. The highest BCUT2D eigenvalue weighted by atomic mass is 32.2. The van der Waals surface area contributed by atoms with E-state index in [2.05, 4.69) is 41.7 Å². The third-order valence-electron chi connectivity index (χ3n) is 4.32. The zero-order valence-electron chi connectivity index (χ0n) is 14.3. The van der Waals surface area contributed by atoms with Crippen LogP contribution in [0.1, 0.15) is 5.56 Å². The molecule has 0 fully saturated rings. The average Bonchev–Trinajstić information content (AvgIpc) is 2.68. The Balaban J connectivity index is 1.52. The van der Waals surface area contributed by atoms with Crippen molar-refractivity contribution < 1.29 is 4.42 Å². The van der Waals surface area contributed by atoms with Crippen molar-refractivity contribution in [2.24, 2.45) is 0 Å². The standard InChI is InChI=1S/C22H19NO2S/c24-21-14-17(15-23-12-13-26-18-7-2-1-3-8-18)22-19-9-5-4-6-16(19)10-11-20(22)25-21/h1-11,14,23H,12-13,15H2. The minimum atomic E-state index is -0.303. The predicted molar refractivity (Wildman–Crippen MR) is 109 cm³/mol. The molecule has 0 saturated heterocycles. The van der Waals surface area contributed by atoms with Crippen LogP contribution in [0.15, 0.2) is 86.9 Å². The van der Waals surface area contributed by atoms with Gasteiger partial charge in [0.05, 0.1) is 0 Å². The zero-order chi connectivity index (χ0) is 17.8. The van der Waals surface area contributed by atoms with Crippen molar-refractivity contribution in [3.05, 3.63) is 88.8 Å². The molecule has 0 atom stereocenters. The van der Waals surface area contributed by atoms with Crippen LogP contribution in [0.5, 0.6) is 0 Å². The van der Waals surface area contributed by atoms with Crippen molar-refractivity contribution in [3.8, 4) is 0 Å². The van der Waals surface area contributed by atoms with Gasteiger partial charge in [0.15, 0.2) is 0 Å². The molecule has 4 heteroatoms. The first-order chi connectivity index (χ1) is 12.8. The predicted octanol–water partition coefficient (Wildman–Crippen LogP) is 4.83. The van der Waals surface area contributed by atoms with Crippen molar-refractivity contribution in [1.29, 1.82) is 0 Å². The van der Waals surface area contributed by atoms with Crippen LogP contribution in [-0.4, -0.2) is 12.3 Å². The first kappa shape index (κ1) is 16.9. The molecule has 0 aliphatic heterocycles. The first-order valence-electron chi connectivity index (χ1n) is 8.64. The maximum atomic E-state index is 11.9. The molecule has 0 spiro atoms. The normalized spacial score (nSPS) is 11.2. The average molecular weight is 361 g/mol. The van der Waals surface area contributed by atoms with Gasteiger partial charge < -0.3 is 9.73 Å². The van der Waals surface area contributed by atoms with Crippen molar-refractivity contribution in [2.75, 3.05) is 12.3 Å². The lowest BCUT2D eigenvalue weighted by Gasteiger charge is -2.10. The van der Waals surface area contributed by atoms with Gasteiger partial charge in [0.25, 0.3) is 0 Å². The monoisotopic (exact) mass is 361 g/mol. The van der Waals surface area contributed by atoms with Crippen LogP contribution in [-0.2, 0) is 6.54 Å². The Bertz CT molecular complexity index is 1090. The molecule has 3 aromatic carbocycles. The van der Waals surface area contributed by atoms with Gasteiger partial charge in [0.1, 0.15) is 5.58 Å². The molecule has 1 heterocycles. The lowest BCUT2D eigenvalue weighted by molar-refractivity contribution is 0.557. The van der Waals surface area contributed by atoms with E-state index in [1.807, 2.05) is 42.1 Å². The molecule has 0 aliphatic carbocycles. The van der Waals surface area contributed by atoms with Gasteiger partial charge >= 0.3 is 5.63 Å². The van der Waals surface area contributed by atoms with Crippen LogP contribution in [0.4, 0.5) is 0 Å². The molecule has 0 unspecified atom stereocenters. The van der Waals surface area contributed by atoms with E-state index in [4.69, 9.17) is 4.42 Å². The number of rotatable bonds is 6. The summed E-state index contributed by atoms with van der Waals surface area (Å²) in [5, 5.41) is 6.74. The fourth-order valence-corrected chi connectivity index (χ4v) is 3.97. The first-order valence-corrected chi connectivity index (χ1v) is 9.63. The zero-order valence-corrected chi connectivity index (χ0v) is 15.1. The Kier molecular flexibility index (Phi) is 5.04. The van der Waals surface area contributed by atoms with Gasteiger partial charge in [-0.25, -0.2) is 4.79 Å². The smallest absolute Gasteiger partial charge is 0.336 e. The molecular weight excluding hydrogens is 342 g/mol. The van der Waals surface area contributed by atoms with E-state index in [-0.39, 0.29) is 5.63 Å². The summed E-state index contributed by atoms with van der Waals surface area (Å²) < 4.78 is 5.41. The summed E-state index contributed by atoms with van der Waals surface area (Å²) in [7, 11) is 0. The van der Waals surface area contributed by atoms with Gasteiger partial charge in [-0.3, -0.25) is 0 Å². The summed E-state index contributed by atoms with van der Waals surface area (Å²) in [5.74, 6) is 0.976. The molecule has 1 N–H and O–H groups in total. The summed E-state index contributed by atoms with van der Waals surface area (Å²) in [5.41, 5.74) is 1.33. The molecule has 0 saturated carbocycles. The van der Waals surface area contributed by atoms with Crippen LogP contribution in [0.2, 0.25) is 0 Å². The summed E-state index contributed by atoms with van der Waals surface area (Å²) in [6.07, 6.45) is 0. The minimum absolute atomic E-state index is 0.303. The highest BCUT2D eigenvalue weighted by molar-refractivity contribution is 7.99. The molecule has 0 radical (unpaired) electrons. The fraction of sp³-hybridized carbons (Fsp3) is 0.136. The van der Waals surface area contributed by atoms with Gasteiger partial charge in [-0.1, -0.05) is 48.5 Å². The van der Waals surface area contributed by atoms with Crippen LogP contribution in [0.25, 0.3) is 21.7 Å². The number of thioether (sulfide) groups is 1. The Labute approximate surface area is 156 Å². The number of hydrogen-bond acceptors (Lipinski definition) is 4. The molecule has 26 heavy (non-hydrogen) atoms. The van der Waals surface area contributed by atoms with E-state index in [1.165, 1.54) is 4.90 Å². The van der Waals surface area contributed by atoms with Gasteiger partial charge in [0, 0.05) is 35.2 Å². The summed E-state index contributed by atoms with van der Waals surface area (Å²) >= 11 is 1.82. The molecule has 3 nitrogen and oxygen atoms in total. The SMILES string of the molecule is O=c1cc(CNCCSc2ccccc2)c2c(ccc3ccccc32)o1. The van der Waals surface area contributed by atoms with E-state index in [0.717, 1.165) is 34.0 Å². The number of nitrogens with one attached hydrogen (secondary N) is 1. The Morgan fingerprint density at radius 2 is 1.73 bits per heavy atom. The van der Waals surface area contributed by atoms with E-state index >= 15 is 0 Å². The van der Waals surface area contributed by atoms with E-state index < -0.39 is 0 Å². The van der Waals surface area contributed by atoms with Crippen molar-refractivity contribution in [1.82, 2.24) is 5.32 Å². The van der Waals surface area contributed by atoms with E-state index in [9.17, 15) is 4.79 Å². The highest BCUT2D eigenvalue weighted by Gasteiger charge is 2.09. The topological polar surface area (TPSA) is 42.2 Å². The molecular formula is C22H19NO2S.